The van der Waals surface area contributed by atoms with Crippen LogP contribution < -0.4 is 15.5 Å². The smallest absolute Gasteiger partial charge is 0.261 e. The molecule has 134 valence electrons. The summed E-state index contributed by atoms with van der Waals surface area (Å²) in [5, 5.41) is 3.21. The van der Waals surface area contributed by atoms with E-state index in [9.17, 15) is 9.59 Å². The molecule has 2 aromatic heterocycles. The van der Waals surface area contributed by atoms with Gasteiger partial charge in [0, 0.05) is 30.2 Å². The zero-order valence-electron chi connectivity index (χ0n) is 15.1. The second-order valence-corrected chi connectivity index (χ2v) is 5.90. The second kappa shape index (κ2) is 7.39. The van der Waals surface area contributed by atoms with Gasteiger partial charge < -0.3 is 14.6 Å². The fourth-order valence-electron chi connectivity index (χ4n) is 2.79. The minimum atomic E-state index is -0.451. The summed E-state index contributed by atoms with van der Waals surface area (Å²) >= 11 is 0. The predicted molar refractivity (Wildman–Crippen MR) is 102 cm³/mol. The first kappa shape index (κ1) is 17.7. The average Bonchev–Trinajstić information content (AvgIpc) is 2.62. The van der Waals surface area contributed by atoms with Gasteiger partial charge in [-0.2, -0.15) is 0 Å². The number of anilines is 1. The first-order chi connectivity index (χ1) is 12.5. The molecule has 0 atom stereocenters. The molecule has 0 radical (unpaired) electrons. The molecule has 26 heavy (non-hydrogen) atoms. The number of pyridine rings is 2. The van der Waals surface area contributed by atoms with Crippen molar-refractivity contribution in [3.63, 3.8) is 0 Å². The zero-order valence-corrected chi connectivity index (χ0v) is 15.1. The highest BCUT2D eigenvalue weighted by atomic mass is 16.5. The summed E-state index contributed by atoms with van der Waals surface area (Å²) in [6.45, 7) is 6.85. The number of hydrogen-bond donors (Lipinski definition) is 1. The fraction of sp³-hybridized carbons (Fsp3) is 0.250. The lowest BCUT2D eigenvalue weighted by atomic mass is 10.1. The largest absolute Gasteiger partial charge is 0.494 e. The van der Waals surface area contributed by atoms with E-state index in [0.29, 0.717) is 35.6 Å². The SMILES string of the molecule is CCOc1cccc(NC(=O)c2cn(CC)c3nc(C)ccc3c2=O)c1. The summed E-state index contributed by atoms with van der Waals surface area (Å²) in [7, 11) is 0. The van der Waals surface area contributed by atoms with E-state index >= 15 is 0 Å². The van der Waals surface area contributed by atoms with Crippen LogP contribution in [0.5, 0.6) is 5.75 Å². The number of nitrogens with zero attached hydrogens (tertiary/aromatic N) is 2. The molecule has 6 heteroatoms. The molecule has 0 unspecified atom stereocenters. The molecule has 3 aromatic rings. The van der Waals surface area contributed by atoms with Gasteiger partial charge in [0.15, 0.2) is 0 Å². The van der Waals surface area contributed by atoms with E-state index in [1.807, 2.05) is 31.4 Å². The summed E-state index contributed by atoms with van der Waals surface area (Å²) in [4.78, 5) is 29.9. The highest BCUT2D eigenvalue weighted by molar-refractivity contribution is 6.05. The Hall–Kier alpha value is -3.15. The number of hydrogen-bond acceptors (Lipinski definition) is 4. The highest BCUT2D eigenvalue weighted by Gasteiger charge is 2.16. The second-order valence-electron chi connectivity index (χ2n) is 5.90. The maximum absolute atomic E-state index is 12.8. The van der Waals surface area contributed by atoms with Crippen LogP contribution in [0.1, 0.15) is 29.9 Å². The lowest BCUT2D eigenvalue weighted by Crippen LogP contribution is -2.24. The van der Waals surface area contributed by atoms with Crippen LogP contribution in [0.3, 0.4) is 0 Å². The molecule has 0 aliphatic rings. The molecule has 1 amide bonds. The number of fused-ring (bicyclic) bond motifs is 1. The molecule has 0 spiro atoms. The van der Waals surface area contributed by atoms with Gasteiger partial charge in [0.1, 0.15) is 17.0 Å². The number of nitrogens with one attached hydrogen (secondary N) is 1. The van der Waals surface area contributed by atoms with Gasteiger partial charge in [-0.15, -0.1) is 0 Å². The van der Waals surface area contributed by atoms with Crippen molar-refractivity contribution in [3.05, 3.63) is 64.1 Å². The number of ether oxygens (including phenoxy) is 1. The molecule has 1 aromatic carbocycles. The summed E-state index contributed by atoms with van der Waals surface area (Å²) < 4.78 is 7.25. The predicted octanol–water partition coefficient (Wildman–Crippen LogP) is 3.38. The number of rotatable bonds is 5. The Morgan fingerprint density at radius 2 is 2.04 bits per heavy atom. The van der Waals surface area contributed by atoms with Crippen LogP contribution in [-0.2, 0) is 6.54 Å². The van der Waals surface area contributed by atoms with Crippen LogP contribution in [-0.4, -0.2) is 22.1 Å². The molecule has 0 aliphatic carbocycles. The van der Waals surface area contributed by atoms with E-state index in [0.717, 1.165) is 5.69 Å². The molecule has 0 fully saturated rings. The normalized spacial score (nSPS) is 10.7. The van der Waals surface area contributed by atoms with Gasteiger partial charge in [-0.25, -0.2) is 4.98 Å². The Labute approximate surface area is 151 Å². The molecule has 1 N–H and O–H groups in total. The number of carbonyl (C=O) groups is 1. The number of carbonyl (C=O) groups excluding carboxylic acids is 1. The minimum Gasteiger partial charge on any atom is -0.494 e. The maximum atomic E-state index is 12.8. The summed E-state index contributed by atoms with van der Waals surface area (Å²) in [6.07, 6.45) is 1.57. The molecule has 6 nitrogen and oxygen atoms in total. The number of aryl methyl sites for hydroxylation is 2. The van der Waals surface area contributed by atoms with Crippen molar-refractivity contribution in [3.8, 4) is 5.75 Å². The number of benzene rings is 1. The number of aromatic nitrogens is 2. The lowest BCUT2D eigenvalue weighted by Gasteiger charge is -2.12. The minimum absolute atomic E-state index is 0.0896. The first-order valence-electron chi connectivity index (χ1n) is 8.58. The molecule has 0 saturated heterocycles. The van der Waals surface area contributed by atoms with Crippen LogP contribution >= 0.6 is 0 Å². The zero-order chi connectivity index (χ0) is 18.7. The highest BCUT2D eigenvalue weighted by Crippen LogP contribution is 2.18. The van der Waals surface area contributed by atoms with Crippen molar-refractivity contribution in [2.45, 2.75) is 27.3 Å². The van der Waals surface area contributed by atoms with Crippen molar-refractivity contribution in [1.82, 2.24) is 9.55 Å². The van der Waals surface area contributed by atoms with E-state index in [2.05, 4.69) is 10.3 Å². The van der Waals surface area contributed by atoms with Crippen LogP contribution in [0.4, 0.5) is 5.69 Å². The van der Waals surface area contributed by atoms with Crippen molar-refractivity contribution in [2.24, 2.45) is 0 Å². The van der Waals surface area contributed by atoms with Crippen LogP contribution in [0.2, 0.25) is 0 Å². The van der Waals surface area contributed by atoms with Crippen molar-refractivity contribution in [1.29, 1.82) is 0 Å². The Morgan fingerprint density at radius 1 is 1.23 bits per heavy atom. The van der Waals surface area contributed by atoms with Gasteiger partial charge in [0.05, 0.1) is 12.0 Å². The van der Waals surface area contributed by atoms with E-state index in [4.69, 9.17) is 4.74 Å². The van der Waals surface area contributed by atoms with Gasteiger partial charge in [0.25, 0.3) is 5.91 Å². The molecule has 0 saturated carbocycles. The monoisotopic (exact) mass is 351 g/mol. The van der Waals surface area contributed by atoms with Gasteiger partial charge >= 0.3 is 0 Å². The Balaban J connectivity index is 2.01. The van der Waals surface area contributed by atoms with Crippen LogP contribution in [0, 0.1) is 6.92 Å². The molecular weight excluding hydrogens is 330 g/mol. The van der Waals surface area contributed by atoms with Gasteiger partial charge in [-0.1, -0.05) is 6.07 Å². The molecule has 0 aliphatic heterocycles. The van der Waals surface area contributed by atoms with E-state index in [1.165, 1.54) is 0 Å². The van der Waals surface area contributed by atoms with E-state index in [-0.39, 0.29) is 11.0 Å². The first-order valence-corrected chi connectivity index (χ1v) is 8.58. The Bertz CT molecular complexity index is 1020. The summed E-state index contributed by atoms with van der Waals surface area (Å²) in [5.41, 5.74) is 1.75. The van der Waals surface area contributed by atoms with Gasteiger partial charge in [-0.05, 0) is 45.0 Å². The Kier molecular flexibility index (Phi) is 5.02. The van der Waals surface area contributed by atoms with Crippen LogP contribution in [0.15, 0.2) is 47.4 Å². The fourth-order valence-corrected chi connectivity index (χ4v) is 2.79. The third-order valence-corrected chi connectivity index (χ3v) is 4.05. The lowest BCUT2D eigenvalue weighted by molar-refractivity contribution is 0.102. The molecule has 2 heterocycles. The summed E-state index contributed by atoms with van der Waals surface area (Å²) in [5.74, 6) is 0.211. The topological polar surface area (TPSA) is 73.2 Å². The Morgan fingerprint density at radius 3 is 2.77 bits per heavy atom. The van der Waals surface area contributed by atoms with Crippen molar-refractivity contribution >= 4 is 22.6 Å². The van der Waals surface area contributed by atoms with Crippen molar-refractivity contribution < 1.29 is 9.53 Å². The van der Waals surface area contributed by atoms with Gasteiger partial charge in [-0.3, -0.25) is 9.59 Å². The molecular formula is C20H21N3O3. The molecule has 3 rings (SSSR count). The third-order valence-electron chi connectivity index (χ3n) is 4.05. The van der Waals surface area contributed by atoms with E-state index < -0.39 is 5.91 Å². The van der Waals surface area contributed by atoms with Crippen LogP contribution in [0.25, 0.3) is 11.0 Å². The quantitative estimate of drug-likeness (QED) is 0.765. The van der Waals surface area contributed by atoms with Crippen molar-refractivity contribution in [2.75, 3.05) is 11.9 Å². The third kappa shape index (κ3) is 3.44. The summed E-state index contributed by atoms with van der Waals surface area (Å²) in [6, 6.07) is 10.6. The van der Waals surface area contributed by atoms with Gasteiger partial charge in [0.2, 0.25) is 5.43 Å². The average molecular weight is 351 g/mol. The number of amides is 1. The maximum Gasteiger partial charge on any atom is 0.261 e. The van der Waals surface area contributed by atoms with E-state index in [1.54, 1.807) is 36.5 Å². The molecule has 0 bridgehead atoms. The standard InChI is InChI=1S/C20H21N3O3/c1-4-23-12-17(18(24)16-10-9-13(3)21-19(16)23)20(25)22-14-7-6-8-15(11-14)26-5-2/h6-12H,4-5H2,1-3H3,(H,22,25).